The zero-order valence-electron chi connectivity index (χ0n) is 25.5. The molecule has 12 aliphatic rings. The van der Waals surface area contributed by atoms with Gasteiger partial charge in [0.2, 0.25) is 0 Å². The molecule has 0 atom stereocenters. The quantitative estimate of drug-likeness (QED) is 0.227. The molecular formula is C40H36O4. The lowest BCUT2D eigenvalue weighted by Gasteiger charge is -2.37. The van der Waals surface area contributed by atoms with Crippen molar-refractivity contribution in [2.75, 3.05) is 28.4 Å². The van der Waals surface area contributed by atoms with Gasteiger partial charge in [-0.3, -0.25) is 0 Å². The summed E-state index contributed by atoms with van der Waals surface area (Å²) in [6, 6.07) is 34.3. The summed E-state index contributed by atoms with van der Waals surface area (Å²) in [4.78, 5) is 0. The lowest BCUT2D eigenvalue weighted by Crippen LogP contribution is -2.34. The molecule has 0 amide bonds. The van der Waals surface area contributed by atoms with E-state index < -0.39 is 22.4 Å². The number of benzene rings is 4. The number of methoxy groups -OCH3 is 4. The third-order valence-electron chi connectivity index (χ3n) is 9.68. The largest absolute Gasteiger partial charge is 0.365 e. The number of hydrogen-bond donors (Lipinski definition) is 0. The second kappa shape index (κ2) is 10.7. The van der Waals surface area contributed by atoms with Crippen molar-refractivity contribution in [1.29, 1.82) is 0 Å². The van der Waals surface area contributed by atoms with Crippen LogP contribution in [-0.2, 0) is 41.4 Å². The van der Waals surface area contributed by atoms with E-state index in [4.69, 9.17) is 18.9 Å². The Hall–Kier alpha value is -4.32. The fourth-order valence-electron chi connectivity index (χ4n) is 6.69. The fraction of sp³-hybridized carbons (Fsp3) is 0.200. The van der Waals surface area contributed by atoms with Gasteiger partial charge < -0.3 is 18.9 Å². The second-order valence-electron chi connectivity index (χ2n) is 11.6. The average Bonchev–Trinajstić information content (AvgIpc) is 3.12. The lowest BCUT2D eigenvalue weighted by molar-refractivity contribution is 0.0407. The second-order valence-corrected chi connectivity index (χ2v) is 11.6. The highest BCUT2D eigenvalue weighted by Crippen LogP contribution is 2.43. The minimum Gasteiger partial charge on any atom is -0.365 e. The fourth-order valence-corrected chi connectivity index (χ4v) is 6.69. The van der Waals surface area contributed by atoms with Gasteiger partial charge >= 0.3 is 0 Å². The molecule has 4 aromatic carbocycles. The van der Waals surface area contributed by atoms with E-state index >= 15 is 0 Å². The number of hydrogen-bond acceptors (Lipinski definition) is 4. The van der Waals surface area contributed by atoms with Gasteiger partial charge in [0.15, 0.2) is 0 Å². The Labute approximate surface area is 259 Å². The van der Waals surface area contributed by atoms with Crippen molar-refractivity contribution < 1.29 is 18.9 Å². The Morgan fingerprint density at radius 1 is 0.273 bits per heavy atom. The van der Waals surface area contributed by atoms with Gasteiger partial charge in [-0.15, -0.1) is 0 Å². The standard InChI is InChI=1S/C40H36O4/c1-41-37-21-25-39(43-3,26-22-37)35-17-19-36(20-18-35)40(44-4)27-23-38(42-2,24-28-40)34-15-11-32(12-16-34)30-7-5-29(6-8-30)31-9-13-33(37)14-10-31/h5-28H,1-4H3/t37-,38-,39+,40+. The molecule has 0 aromatic heterocycles. The van der Waals surface area contributed by atoms with Gasteiger partial charge in [0.25, 0.3) is 0 Å². The Bertz CT molecular complexity index is 1610. The van der Waals surface area contributed by atoms with Crippen LogP contribution in [0.25, 0.3) is 22.3 Å². The van der Waals surface area contributed by atoms with Crippen molar-refractivity contribution in [2.24, 2.45) is 0 Å². The summed E-state index contributed by atoms with van der Waals surface area (Å²) in [6.45, 7) is 0. The van der Waals surface area contributed by atoms with E-state index in [1.807, 2.05) is 0 Å². The smallest absolute Gasteiger partial charge is 0.129 e. The normalized spacial score (nSPS) is 27.9. The molecule has 0 fully saturated rings. The van der Waals surface area contributed by atoms with E-state index in [2.05, 4.69) is 146 Å². The molecule has 0 aliphatic heterocycles. The maximum absolute atomic E-state index is 6.14. The van der Waals surface area contributed by atoms with Crippen LogP contribution in [0.1, 0.15) is 22.3 Å². The van der Waals surface area contributed by atoms with E-state index in [1.165, 1.54) is 0 Å². The van der Waals surface area contributed by atoms with Crippen molar-refractivity contribution in [3.63, 3.8) is 0 Å². The first-order valence-electron chi connectivity index (χ1n) is 14.9. The van der Waals surface area contributed by atoms with E-state index in [-0.39, 0.29) is 0 Å². The van der Waals surface area contributed by atoms with Crippen LogP contribution in [0.3, 0.4) is 0 Å². The molecule has 0 radical (unpaired) electrons. The Morgan fingerprint density at radius 3 is 0.614 bits per heavy atom. The molecular weight excluding hydrogens is 544 g/mol. The predicted octanol–water partition coefficient (Wildman–Crippen LogP) is 8.35. The van der Waals surface area contributed by atoms with Crippen LogP contribution in [0.2, 0.25) is 0 Å². The van der Waals surface area contributed by atoms with Gasteiger partial charge in [0.05, 0.1) is 0 Å². The van der Waals surface area contributed by atoms with Crippen molar-refractivity contribution >= 4 is 0 Å². The van der Waals surface area contributed by atoms with Crippen LogP contribution >= 0.6 is 0 Å². The lowest BCUT2D eigenvalue weighted by atomic mass is 9.79. The minimum atomic E-state index is -0.730. The topological polar surface area (TPSA) is 36.9 Å². The molecule has 16 rings (SSSR count). The molecule has 0 unspecified atom stereocenters. The summed E-state index contributed by atoms with van der Waals surface area (Å²) in [5.74, 6) is 0. The van der Waals surface area contributed by atoms with Gasteiger partial charge in [-0.1, -0.05) is 97.1 Å². The first kappa shape index (κ1) is 28.5. The zero-order chi connectivity index (χ0) is 30.4. The Balaban J connectivity index is 1.38. The van der Waals surface area contributed by atoms with Crippen LogP contribution in [-0.4, -0.2) is 28.4 Å². The molecule has 12 aliphatic carbocycles. The zero-order valence-corrected chi connectivity index (χ0v) is 25.5. The SMILES string of the molecule is CO[C@]12C=C[C@](OC)(C=C1)c1ccc(cc1)[C@]1(OC)C=C[C@@](OC)(C=C1)c1ccc(cc1)-c1ccc(cc1)-c1ccc2cc1. The molecule has 0 saturated heterocycles. The molecule has 220 valence electrons. The van der Waals surface area contributed by atoms with E-state index in [9.17, 15) is 0 Å². The van der Waals surface area contributed by atoms with Crippen molar-refractivity contribution in [3.05, 3.63) is 168 Å². The summed E-state index contributed by atoms with van der Waals surface area (Å²) >= 11 is 0. The van der Waals surface area contributed by atoms with Crippen LogP contribution in [0.4, 0.5) is 0 Å². The molecule has 0 spiro atoms. The minimum absolute atomic E-state index is 0.698. The first-order chi connectivity index (χ1) is 21.4. The van der Waals surface area contributed by atoms with Crippen molar-refractivity contribution in [2.45, 2.75) is 22.4 Å². The van der Waals surface area contributed by atoms with Gasteiger partial charge in [0.1, 0.15) is 22.4 Å². The number of ether oxygens (including phenoxy) is 4. The summed E-state index contributed by atoms with van der Waals surface area (Å²) in [7, 11) is 6.95. The van der Waals surface area contributed by atoms with Crippen molar-refractivity contribution in [1.82, 2.24) is 0 Å². The molecule has 0 saturated carbocycles. The first-order valence-corrected chi connectivity index (χ1v) is 14.9. The van der Waals surface area contributed by atoms with Crippen LogP contribution in [0, 0.1) is 0 Å². The molecule has 4 heteroatoms. The van der Waals surface area contributed by atoms with Gasteiger partial charge in [0, 0.05) is 28.4 Å². The van der Waals surface area contributed by atoms with Gasteiger partial charge in [-0.2, -0.15) is 0 Å². The third-order valence-corrected chi connectivity index (χ3v) is 9.68. The number of rotatable bonds is 4. The van der Waals surface area contributed by atoms with Crippen molar-refractivity contribution in [3.8, 4) is 22.3 Å². The highest BCUT2D eigenvalue weighted by molar-refractivity contribution is 5.71. The third kappa shape index (κ3) is 4.37. The monoisotopic (exact) mass is 580 g/mol. The molecule has 12 bridgehead atoms. The van der Waals surface area contributed by atoms with Gasteiger partial charge in [-0.05, 0) is 93.1 Å². The molecule has 4 nitrogen and oxygen atoms in total. The maximum Gasteiger partial charge on any atom is 0.129 e. The van der Waals surface area contributed by atoms with Crippen LogP contribution < -0.4 is 0 Å². The Morgan fingerprint density at radius 2 is 0.432 bits per heavy atom. The van der Waals surface area contributed by atoms with Gasteiger partial charge in [-0.25, -0.2) is 0 Å². The highest BCUT2D eigenvalue weighted by Gasteiger charge is 2.39. The summed E-state index contributed by atoms with van der Waals surface area (Å²) < 4.78 is 24.5. The Kier molecular flexibility index (Phi) is 6.91. The molecule has 4 aromatic rings. The predicted molar refractivity (Wildman–Crippen MR) is 175 cm³/mol. The van der Waals surface area contributed by atoms with E-state index in [0.717, 1.165) is 44.5 Å². The van der Waals surface area contributed by atoms with Crippen LogP contribution in [0.15, 0.2) is 146 Å². The summed E-state index contributed by atoms with van der Waals surface area (Å²) in [5, 5.41) is 0. The molecule has 44 heavy (non-hydrogen) atoms. The summed E-state index contributed by atoms with van der Waals surface area (Å²) in [5.41, 5.74) is 5.88. The van der Waals surface area contributed by atoms with E-state index in [0.29, 0.717) is 0 Å². The highest BCUT2D eigenvalue weighted by atomic mass is 16.5. The average molecular weight is 581 g/mol. The maximum atomic E-state index is 6.14. The summed E-state index contributed by atoms with van der Waals surface area (Å²) in [6.07, 6.45) is 16.7. The van der Waals surface area contributed by atoms with Crippen LogP contribution in [0.5, 0.6) is 0 Å². The molecule has 0 heterocycles. The molecule has 0 N–H and O–H groups in total. The van der Waals surface area contributed by atoms with E-state index in [1.54, 1.807) is 28.4 Å².